The third kappa shape index (κ3) is 7.88. The van der Waals surface area contributed by atoms with Crippen LogP contribution in [0, 0.1) is 0 Å². The zero-order valence-electron chi connectivity index (χ0n) is 12.9. The highest BCUT2D eigenvalue weighted by atomic mass is 35.5. The van der Waals surface area contributed by atoms with E-state index in [2.05, 4.69) is 17.8 Å². The second-order valence-corrected chi connectivity index (χ2v) is 5.39. The minimum atomic E-state index is -0.431. The molecule has 2 N–H and O–H groups in total. The van der Waals surface area contributed by atoms with Crippen molar-refractivity contribution in [3.05, 3.63) is 29.3 Å². The van der Waals surface area contributed by atoms with E-state index >= 15 is 0 Å². The van der Waals surface area contributed by atoms with Crippen LogP contribution in [0.1, 0.15) is 45.4 Å². The van der Waals surface area contributed by atoms with Gasteiger partial charge in [0.15, 0.2) is 6.61 Å². The monoisotopic (exact) mass is 326 g/mol. The Hall–Kier alpha value is -1.75. The first kappa shape index (κ1) is 18.3. The summed E-state index contributed by atoms with van der Waals surface area (Å²) in [7, 11) is 0. The fourth-order valence-corrected chi connectivity index (χ4v) is 2.02. The summed E-state index contributed by atoms with van der Waals surface area (Å²) in [5, 5.41) is 0.436. The van der Waals surface area contributed by atoms with Crippen LogP contribution in [0.3, 0.4) is 0 Å². The molecule has 6 heteroatoms. The Bertz CT molecular complexity index is 480. The van der Waals surface area contributed by atoms with Gasteiger partial charge in [-0.1, -0.05) is 56.3 Å². The Labute approximate surface area is 136 Å². The average molecular weight is 327 g/mol. The predicted molar refractivity (Wildman–Crippen MR) is 86.6 cm³/mol. The van der Waals surface area contributed by atoms with Crippen molar-refractivity contribution in [2.24, 2.45) is 0 Å². The lowest BCUT2D eigenvalue weighted by Gasteiger charge is -2.09. The van der Waals surface area contributed by atoms with Gasteiger partial charge in [-0.05, 0) is 18.6 Å². The van der Waals surface area contributed by atoms with Crippen molar-refractivity contribution in [2.75, 3.05) is 6.61 Å². The Kier molecular flexibility index (Phi) is 9.07. The van der Waals surface area contributed by atoms with Gasteiger partial charge in [0.25, 0.3) is 5.91 Å². The lowest BCUT2D eigenvalue weighted by atomic mass is 10.1. The number of para-hydroxylation sites is 1. The highest BCUT2D eigenvalue weighted by molar-refractivity contribution is 6.32. The maximum Gasteiger partial charge on any atom is 0.276 e. The van der Waals surface area contributed by atoms with E-state index in [0.717, 1.165) is 19.3 Å². The predicted octanol–water partition coefficient (Wildman–Crippen LogP) is 3.23. The van der Waals surface area contributed by atoms with Crippen molar-refractivity contribution in [3.8, 4) is 5.75 Å². The molecule has 0 aromatic heterocycles. The molecule has 0 saturated carbocycles. The van der Waals surface area contributed by atoms with E-state index in [1.807, 2.05) is 0 Å². The van der Waals surface area contributed by atoms with Crippen molar-refractivity contribution < 1.29 is 14.3 Å². The van der Waals surface area contributed by atoms with Crippen molar-refractivity contribution in [3.63, 3.8) is 0 Å². The molecular weight excluding hydrogens is 304 g/mol. The van der Waals surface area contributed by atoms with Crippen molar-refractivity contribution >= 4 is 23.4 Å². The standard InChI is InChI=1S/C16H23ClN2O3/c1-2-3-4-5-6-11-15(20)18-19-16(21)12-22-14-10-8-7-9-13(14)17/h7-10H,2-6,11-12H2,1H3,(H,18,20)(H,19,21). The van der Waals surface area contributed by atoms with Gasteiger partial charge in [0, 0.05) is 6.42 Å². The Morgan fingerprint density at radius 2 is 1.73 bits per heavy atom. The maximum atomic E-state index is 11.6. The smallest absolute Gasteiger partial charge is 0.276 e. The van der Waals surface area contributed by atoms with E-state index in [4.69, 9.17) is 16.3 Å². The summed E-state index contributed by atoms with van der Waals surface area (Å²) in [6.45, 7) is 1.94. The van der Waals surface area contributed by atoms with Crippen LogP contribution >= 0.6 is 11.6 Å². The molecule has 0 aliphatic carbocycles. The normalized spacial score (nSPS) is 10.1. The van der Waals surface area contributed by atoms with Gasteiger partial charge in [0.2, 0.25) is 5.91 Å². The third-order valence-electron chi connectivity index (χ3n) is 3.04. The zero-order chi connectivity index (χ0) is 16.2. The number of hydrogen-bond donors (Lipinski definition) is 2. The summed E-state index contributed by atoms with van der Waals surface area (Å²) < 4.78 is 5.26. The van der Waals surface area contributed by atoms with Crippen molar-refractivity contribution in [1.82, 2.24) is 10.9 Å². The number of carbonyl (C=O) groups excluding carboxylic acids is 2. The second kappa shape index (κ2) is 10.9. The number of hydrazine groups is 1. The van der Waals surface area contributed by atoms with E-state index in [0.29, 0.717) is 17.2 Å². The molecule has 0 heterocycles. The van der Waals surface area contributed by atoms with E-state index in [1.165, 1.54) is 12.8 Å². The molecule has 122 valence electrons. The average Bonchev–Trinajstić information content (AvgIpc) is 2.52. The first-order valence-corrected chi connectivity index (χ1v) is 7.96. The van der Waals surface area contributed by atoms with Crippen LogP contribution in [-0.2, 0) is 9.59 Å². The number of benzene rings is 1. The van der Waals surface area contributed by atoms with Crippen molar-refractivity contribution in [1.29, 1.82) is 0 Å². The Morgan fingerprint density at radius 1 is 1.05 bits per heavy atom. The van der Waals surface area contributed by atoms with Crippen molar-refractivity contribution in [2.45, 2.75) is 45.4 Å². The van der Waals surface area contributed by atoms with E-state index in [-0.39, 0.29) is 12.5 Å². The first-order valence-electron chi connectivity index (χ1n) is 7.58. The number of amides is 2. The van der Waals surface area contributed by atoms with Gasteiger partial charge in [0.1, 0.15) is 5.75 Å². The van der Waals surface area contributed by atoms with Crippen LogP contribution in [-0.4, -0.2) is 18.4 Å². The van der Waals surface area contributed by atoms with Crippen LogP contribution < -0.4 is 15.6 Å². The SMILES string of the molecule is CCCCCCCC(=O)NNC(=O)COc1ccccc1Cl. The minimum Gasteiger partial charge on any atom is -0.482 e. The van der Waals surface area contributed by atoms with Gasteiger partial charge in [-0.2, -0.15) is 0 Å². The largest absolute Gasteiger partial charge is 0.482 e. The van der Waals surface area contributed by atoms with Crippen LogP contribution in [0.25, 0.3) is 0 Å². The number of nitrogens with one attached hydrogen (secondary N) is 2. The summed E-state index contributed by atoms with van der Waals surface area (Å²) >= 11 is 5.90. The van der Waals surface area contributed by atoms with Crippen LogP contribution in [0.2, 0.25) is 5.02 Å². The molecular formula is C16H23ClN2O3. The molecule has 0 bridgehead atoms. The molecule has 5 nitrogen and oxygen atoms in total. The molecule has 0 aliphatic heterocycles. The Balaban J connectivity index is 2.12. The summed E-state index contributed by atoms with van der Waals surface area (Å²) in [5.41, 5.74) is 4.69. The van der Waals surface area contributed by atoms with Crippen LogP contribution in [0.4, 0.5) is 0 Å². The number of hydrogen-bond acceptors (Lipinski definition) is 3. The molecule has 0 spiro atoms. The van der Waals surface area contributed by atoms with Gasteiger partial charge in [-0.3, -0.25) is 20.4 Å². The molecule has 0 aliphatic rings. The molecule has 1 rings (SSSR count). The molecule has 2 amide bonds. The third-order valence-corrected chi connectivity index (χ3v) is 3.36. The zero-order valence-corrected chi connectivity index (χ0v) is 13.6. The van der Waals surface area contributed by atoms with Gasteiger partial charge in [0.05, 0.1) is 5.02 Å². The van der Waals surface area contributed by atoms with Gasteiger partial charge in [-0.25, -0.2) is 0 Å². The fraction of sp³-hybridized carbons (Fsp3) is 0.500. The number of carbonyl (C=O) groups is 2. The summed E-state index contributed by atoms with van der Waals surface area (Å²) in [6.07, 6.45) is 5.78. The quantitative estimate of drug-likeness (QED) is 0.541. The highest BCUT2D eigenvalue weighted by Crippen LogP contribution is 2.22. The lowest BCUT2D eigenvalue weighted by Crippen LogP contribution is -2.43. The molecule has 0 radical (unpaired) electrons. The number of unbranched alkanes of at least 4 members (excludes halogenated alkanes) is 4. The maximum absolute atomic E-state index is 11.6. The van der Waals surface area contributed by atoms with Gasteiger partial charge < -0.3 is 4.74 Å². The first-order chi connectivity index (χ1) is 10.6. The minimum absolute atomic E-state index is 0.192. The number of halogens is 1. The summed E-state index contributed by atoms with van der Waals surface area (Å²) in [4.78, 5) is 23.1. The molecule has 0 fully saturated rings. The van der Waals surface area contributed by atoms with E-state index < -0.39 is 5.91 Å². The molecule has 0 saturated heterocycles. The Morgan fingerprint density at radius 3 is 2.45 bits per heavy atom. The highest BCUT2D eigenvalue weighted by Gasteiger charge is 2.07. The van der Waals surface area contributed by atoms with Gasteiger partial charge >= 0.3 is 0 Å². The van der Waals surface area contributed by atoms with Crippen LogP contribution in [0.5, 0.6) is 5.75 Å². The molecule has 0 atom stereocenters. The second-order valence-electron chi connectivity index (χ2n) is 4.98. The number of ether oxygens (including phenoxy) is 1. The van der Waals surface area contributed by atoms with E-state index in [1.54, 1.807) is 24.3 Å². The molecule has 0 unspecified atom stereocenters. The molecule has 1 aromatic rings. The lowest BCUT2D eigenvalue weighted by molar-refractivity contribution is -0.130. The van der Waals surface area contributed by atoms with E-state index in [9.17, 15) is 9.59 Å². The van der Waals surface area contributed by atoms with Gasteiger partial charge in [-0.15, -0.1) is 0 Å². The topological polar surface area (TPSA) is 67.4 Å². The number of rotatable bonds is 9. The molecule has 22 heavy (non-hydrogen) atoms. The fourth-order valence-electron chi connectivity index (χ4n) is 1.83. The summed E-state index contributed by atoms with van der Waals surface area (Å²) in [5.74, 6) is -0.191. The summed E-state index contributed by atoms with van der Waals surface area (Å²) in [6, 6.07) is 6.88. The van der Waals surface area contributed by atoms with Crippen LogP contribution in [0.15, 0.2) is 24.3 Å². The molecule has 1 aromatic carbocycles.